The molecular formula is C62H53BN2S. The van der Waals surface area contributed by atoms with Gasteiger partial charge in [0.15, 0.2) is 0 Å². The summed E-state index contributed by atoms with van der Waals surface area (Å²) in [6.07, 6.45) is 0. The van der Waals surface area contributed by atoms with Crippen molar-refractivity contribution in [3.8, 4) is 39.1 Å². The van der Waals surface area contributed by atoms with Crippen molar-refractivity contribution in [1.29, 1.82) is 0 Å². The van der Waals surface area contributed by atoms with Crippen LogP contribution in [0.15, 0.2) is 140 Å². The van der Waals surface area contributed by atoms with Gasteiger partial charge in [-0.15, -0.1) is 11.3 Å². The van der Waals surface area contributed by atoms with Crippen molar-refractivity contribution in [3.05, 3.63) is 173 Å². The molecule has 0 atom stereocenters. The topological polar surface area (TPSA) is 8.17 Å². The van der Waals surface area contributed by atoms with Gasteiger partial charge in [-0.2, -0.15) is 0 Å². The minimum atomic E-state index is -0.169. The zero-order valence-electron chi connectivity index (χ0n) is 39.7. The lowest BCUT2D eigenvalue weighted by Gasteiger charge is -2.43. The molecule has 8 aromatic carbocycles. The second-order valence-electron chi connectivity index (χ2n) is 23.0. The molecule has 10 aromatic rings. The summed E-state index contributed by atoms with van der Waals surface area (Å²) in [5.74, 6) is 0. The first-order valence-electron chi connectivity index (χ1n) is 24.0. The van der Waals surface area contributed by atoms with Crippen LogP contribution in [0.3, 0.4) is 0 Å². The number of fused-ring (bicyclic) bond motifs is 17. The number of anilines is 2. The Labute approximate surface area is 392 Å². The molecule has 0 saturated heterocycles. The maximum Gasteiger partial charge on any atom is 0.333 e. The van der Waals surface area contributed by atoms with Crippen molar-refractivity contribution < 1.29 is 0 Å². The first-order chi connectivity index (χ1) is 31.5. The summed E-state index contributed by atoms with van der Waals surface area (Å²) in [5, 5.41) is 5.33. The van der Waals surface area contributed by atoms with Crippen molar-refractivity contribution in [1.82, 2.24) is 4.57 Å². The summed E-state index contributed by atoms with van der Waals surface area (Å²) in [4.78, 5) is 2.75. The number of benzene rings is 8. The van der Waals surface area contributed by atoms with Gasteiger partial charge in [0.1, 0.15) is 0 Å². The van der Waals surface area contributed by atoms with Crippen molar-refractivity contribution >= 4 is 82.5 Å². The number of rotatable bonds is 1. The quantitative estimate of drug-likeness (QED) is 0.149. The fourth-order valence-electron chi connectivity index (χ4n) is 12.9. The average molecular weight is 869 g/mol. The Kier molecular flexibility index (Phi) is 7.27. The molecule has 4 heterocycles. The molecule has 320 valence electrons. The second-order valence-corrected chi connectivity index (χ2v) is 24.1. The molecule has 0 amide bonds. The van der Waals surface area contributed by atoms with Gasteiger partial charge in [0.25, 0.3) is 0 Å². The van der Waals surface area contributed by atoms with Crippen LogP contribution in [-0.2, 0) is 21.7 Å². The Balaban J connectivity index is 1.13. The lowest BCUT2D eigenvalue weighted by molar-refractivity contribution is 0.584. The summed E-state index contributed by atoms with van der Waals surface area (Å²) in [6.45, 7) is 23.7. The third kappa shape index (κ3) is 4.83. The van der Waals surface area contributed by atoms with E-state index in [2.05, 4.69) is 218 Å². The SMILES string of the molecule is CC(C)(C)c1ccc(N2B3c4cc5c(cc4-n4c6cc7c(cc6c6ccc(c3c64)-c3cc4c(cc32)C(C)(C)c2cc(C(C)(C)C)ccc2-4)sc2ccccc27)-c2ccccc2C5(C)C)cc1. The molecule has 66 heavy (non-hydrogen) atoms. The van der Waals surface area contributed by atoms with Gasteiger partial charge in [0.05, 0.1) is 11.0 Å². The van der Waals surface area contributed by atoms with E-state index < -0.39 is 0 Å². The van der Waals surface area contributed by atoms with E-state index in [1.54, 1.807) is 0 Å². The van der Waals surface area contributed by atoms with Crippen molar-refractivity contribution in [2.75, 3.05) is 4.81 Å². The molecule has 2 nitrogen and oxygen atoms in total. The molecule has 4 heteroatoms. The zero-order chi connectivity index (χ0) is 45.1. The van der Waals surface area contributed by atoms with Gasteiger partial charge in [-0.3, -0.25) is 0 Å². The summed E-state index contributed by atoms with van der Waals surface area (Å²) in [7, 11) is 0. The Bertz CT molecular complexity index is 3840. The summed E-state index contributed by atoms with van der Waals surface area (Å²) in [5.41, 5.74) is 25.5. The van der Waals surface area contributed by atoms with Crippen LogP contribution >= 0.6 is 11.3 Å². The maximum absolute atomic E-state index is 2.75. The third-order valence-corrected chi connectivity index (χ3v) is 17.6. The van der Waals surface area contributed by atoms with Gasteiger partial charge in [-0.1, -0.05) is 160 Å². The van der Waals surface area contributed by atoms with E-state index in [1.165, 1.54) is 137 Å². The first-order valence-corrected chi connectivity index (χ1v) is 24.8. The van der Waals surface area contributed by atoms with E-state index >= 15 is 0 Å². The van der Waals surface area contributed by atoms with Crippen LogP contribution < -0.4 is 15.7 Å². The van der Waals surface area contributed by atoms with Crippen molar-refractivity contribution in [2.24, 2.45) is 0 Å². The number of hydrogen-bond donors (Lipinski definition) is 0. The fraction of sp³-hybridized carbons (Fsp3) is 0.226. The minimum Gasteiger partial charge on any atom is -0.376 e. The molecule has 0 unspecified atom stereocenters. The number of nitrogens with zero attached hydrogens (tertiary/aromatic N) is 2. The van der Waals surface area contributed by atoms with Gasteiger partial charge >= 0.3 is 6.85 Å². The van der Waals surface area contributed by atoms with E-state index in [9.17, 15) is 0 Å². The molecule has 2 aromatic heterocycles. The Morgan fingerprint density at radius 3 is 1.89 bits per heavy atom. The van der Waals surface area contributed by atoms with Crippen LogP contribution in [0.1, 0.15) is 103 Å². The largest absolute Gasteiger partial charge is 0.376 e. The van der Waals surface area contributed by atoms with E-state index in [0.29, 0.717) is 0 Å². The number of thiophene rings is 1. The van der Waals surface area contributed by atoms with Crippen LogP contribution in [0.25, 0.3) is 81.0 Å². The Morgan fingerprint density at radius 1 is 0.455 bits per heavy atom. The molecule has 0 radical (unpaired) electrons. The van der Waals surface area contributed by atoms with Gasteiger partial charge < -0.3 is 9.38 Å². The predicted octanol–water partition coefficient (Wildman–Crippen LogP) is 15.6. The van der Waals surface area contributed by atoms with Crippen LogP contribution in [-0.4, -0.2) is 11.4 Å². The highest BCUT2D eigenvalue weighted by atomic mass is 32.1. The lowest BCUT2D eigenvalue weighted by Crippen LogP contribution is -2.60. The molecule has 0 spiro atoms. The lowest BCUT2D eigenvalue weighted by atomic mass is 9.43. The summed E-state index contributed by atoms with van der Waals surface area (Å²) < 4.78 is 5.37. The zero-order valence-corrected chi connectivity index (χ0v) is 40.5. The van der Waals surface area contributed by atoms with Crippen LogP contribution in [0.2, 0.25) is 0 Å². The van der Waals surface area contributed by atoms with Crippen LogP contribution in [0, 0.1) is 0 Å². The monoisotopic (exact) mass is 868 g/mol. The van der Waals surface area contributed by atoms with E-state index in [1.807, 2.05) is 11.3 Å². The minimum absolute atomic E-state index is 0.0399. The normalized spacial score (nSPS) is 15.9. The molecule has 0 bridgehead atoms. The summed E-state index contributed by atoms with van der Waals surface area (Å²) in [6, 6.07) is 55.3. The summed E-state index contributed by atoms with van der Waals surface area (Å²) >= 11 is 1.92. The van der Waals surface area contributed by atoms with Crippen LogP contribution in [0.5, 0.6) is 0 Å². The Hall–Kier alpha value is -6.36. The predicted molar refractivity (Wildman–Crippen MR) is 285 cm³/mol. The molecule has 4 aliphatic rings. The molecule has 0 N–H and O–H groups in total. The molecule has 14 rings (SSSR count). The van der Waals surface area contributed by atoms with Gasteiger partial charge in [-0.05, 0) is 131 Å². The Morgan fingerprint density at radius 2 is 1.11 bits per heavy atom. The highest BCUT2D eigenvalue weighted by Crippen LogP contribution is 2.56. The first kappa shape index (κ1) is 38.9. The third-order valence-electron chi connectivity index (χ3n) is 16.5. The molecular weight excluding hydrogens is 816 g/mol. The molecule has 2 aliphatic heterocycles. The van der Waals surface area contributed by atoms with E-state index in [0.717, 1.165) is 0 Å². The molecule has 0 saturated carbocycles. The van der Waals surface area contributed by atoms with Crippen molar-refractivity contribution in [3.63, 3.8) is 0 Å². The highest BCUT2D eigenvalue weighted by Gasteiger charge is 2.48. The van der Waals surface area contributed by atoms with Gasteiger partial charge in [0.2, 0.25) is 0 Å². The maximum atomic E-state index is 2.75. The highest BCUT2D eigenvalue weighted by molar-refractivity contribution is 7.25. The number of aromatic nitrogens is 1. The molecule has 2 aliphatic carbocycles. The number of hydrogen-bond acceptors (Lipinski definition) is 2. The fourth-order valence-corrected chi connectivity index (χ4v) is 14.0. The smallest absolute Gasteiger partial charge is 0.333 e. The van der Waals surface area contributed by atoms with Gasteiger partial charge in [-0.25, -0.2) is 0 Å². The van der Waals surface area contributed by atoms with E-state index in [-0.39, 0.29) is 28.5 Å². The molecule has 0 fully saturated rings. The average Bonchev–Trinajstić information content (AvgIpc) is 3.96. The standard InChI is InChI=1S/C62H53BN2S/c1-59(2,3)34-19-22-36(23-20-34)65-53-33-50-42(38-24-21-35(60(4,5)6)27-48(38)62(50,9)10)28-44(53)40-25-26-41-45-31-56-46(39-16-12-14-18-55(39)66-56)30-52(45)64-54-29-43-37-15-11-13-17-47(37)61(7,8)49(43)32-51(54)63(65)57(40)58(41)64/h11-33H,1-10H3. The van der Waals surface area contributed by atoms with Gasteiger partial charge in [0, 0.05) is 64.4 Å². The van der Waals surface area contributed by atoms with Crippen LogP contribution in [0.4, 0.5) is 11.4 Å². The van der Waals surface area contributed by atoms with E-state index in [4.69, 9.17) is 0 Å². The van der Waals surface area contributed by atoms with Crippen molar-refractivity contribution in [2.45, 2.75) is 90.9 Å². The second kappa shape index (κ2) is 12.3.